The first-order chi connectivity index (χ1) is 21.0. The van der Waals surface area contributed by atoms with Gasteiger partial charge in [0.05, 0.1) is 16.2 Å². The van der Waals surface area contributed by atoms with Gasteiger partial charge in [0, 0.05) is 36.1 Å². The van der Waals surface area contributed by atoms with Gasteiger partial charge in [-0.05, 0) is 42.7 Å². The van der Waals surface area contributed by atoms with Gasteiger partial charge in [-0.2, -0.15) is 4.31 Å². The molecule has 1 heterocycles. The van der Waals surface area contributed by atoms with Crippen LogP contribution in [0.2, 0.25) is 0 Å². The lowest BCUT2D eigenvalue weighted by atomic mass is 10.0. The fourth-order valence-electron chi connectivity index (χ4n) is 5.34. The van der Waals surface area contributed by atoms with Gasteiger partial charge < -0.3 is 14.6 Å². The minimum atomic E-state index is -3.78. The number of aromatic nitrogens is 1. The highest BCUT2D eigenvalue weighted by molar-refractivity contribution is 7.89. The van der Waals surface area contributed by atoms with Crippen LogP contribution in [0.1, 0.15) is 55.3 Å². The summed E-state index contributed by atoms with van der Waals surface area (Å²) in [5, 5.41) is 3.44. The van der Waals surface area contributed by atoms with Crippen LogP contribution < -0.4 is 5.32 Å². The molecule has 1 amide bonds. The highest BCUT2D eigenvalue weighted by Crippen LogP contribution is 2.34. The number of fused-ring (bicyclic) bond motifs is 1. The normalized spacial score (nSPS) is 12.4. The number of nitrogens with one attached hydrogen (secondary N) is 1. The number of nitrogens with zero attached hydrogens (tertiary/aromatic N) is 2. The predicted octanol–water partition coefficient (Wildman–Crippen LogP) is 5.54. The smallest absolute Gasteiger partial charge is 0.329 e. The molecule has 0 bridgehead atoms. The first-order valence-corrected chi connectivity index (χ1v) is 16.3. The van der Waals surface area contributed by atoms with Crippen LogP contribution in [0.3, 0.4) is 0 Å². The summed E-state index contributed by atoms with van der Waals surface area (Å²) in [7, 11) is -3.78. The lowest BCUT2D eigenvalue weighted by Gasteiger charge is -2.21. The third-order valence-electron chi connectivity index (χ3n) is 7.61. The van der Waals surface area contributed by atoms with Gasteiger partial charge in [-0.3, -0.25) is 9.59 Å². The Kier molecular flexibility index (Phi) is 10.4. The van der Waals surface area contributed by atoms with Gasteiger partial charge in [-0.25, -0.2) is 13.2 Å². The molecule has 1 atom stereocenters. The number of hydrogen-bond acceptors (Lipinski definition) is 6. The molecule has 4 aromatic rings. The number of carbonyl (C=O) groups is 3. The second-order valence-electron chi connectivity index (χ2n) is 10.7. The summed E-state index contributed by atoms with van der Waals surface area (Å²) in [6, 6.07) is 21.9. The van der Waals surface area contributed by atoms with Gasteiger partial charge in [-0.1, -0.05) is 82.3 Å². The Morgan fingerprint density at radius 2 is 1.55 bits per heavy atom. The van der Waals surface area contributed by atoms with Crippen LogP contribution in [0.4, 0.5) is 0 Å². The summed E-state index contributed by atoms with van der Waals surface area (Å²) in [5.41, 5.74) is 3.09. The molecule has 0 saturated carbocycles. The molecule has 0 spiro atoms. The summed E-state index contributed by atoms with van der Waals surface area (Å²) < 4.78 is 34.9. The van der Waals surface area contributed by atoms with E-state index in [9.17, 15) is 22.8 Å². The van der Waals surface area contributed by atoms with Gasteiger partial charge >= 0.3 is 5.97 Å². The van der Waals surface area contributed by atoms with Crippen molar-refractivity contribution >= 4 is 38.6 Å². The quantitative estimate of drug-likeness (QED) is 0.156. The van der Waals surface area contributed by atoms with E-state index in [0.29, 0.717) is 25.2 Å². The number of aryl methyl sites for hydroxylation is 1. The van der Waals surface area contributed by atoms with Crippen molar-refractivity contribution in [1.29, 1.82) is 0 Å². The highest BCUT2D eigenvalue weighted by atomic mass is 32.2. The average Bonchev–Trinajstić information content (AvgIpc) is 3.37. The number of sulfonamides is 1. The van der Waals surface area contributed by atoms with Crippen molar-refractivity contribution in [3.05, 3.63) is 90.0 Å². The molecular weight excluding hydrogens is 578 g/mol. The summed E-state index contributed by atoms with van der Waals surface area (Å²) in [4.78, 5) is 40.2. The van der Waals surface area contributed by atoms with Crippen LogP contribution in [0.15, 0.2) is 83.8 Å². The van der Waals surface area contributed by atoms with Gasteiger partial charge in [0.25, 0.3) is 5.91 Å². The van der Waals surface area contributed by atoms with Crippen LogP contribution in [0, 0.1) is 5.92 Å². The van der Waals surface area contributed by atoms with Crippen LogP contribution in [-0.2, 0) is 26.1 Å². The number of amides is 1. The lowest BCUT2D eigenvalue weighted by molar-refractivity contribution is -0.145. The van der Waals surface area contributed by atoms with E-state index in [2.05, 4.69) is 9.88 Å². The molecule has 1 N–H and O–H groups in total. The largest absolute Gasteiger partial charge is 0.456 e. The summed E-state index contributed by atoms with van der Waals surface area (Å²) >= 11 is 0. The second-order valence-corrected chi connectivity index (χ2v) is 12.6. The van der Waals surface area contributed by atoms with E-state index in [4.69, 9.17) is 4.74 Å². The van der Waals surface area contributed by atoms with E-state index >= 15 is 0 Å². The van der Waals surface area contributed by atoms with E-state index in [1.807, 2.05) is 61.5 Å². The zero-order valence-corrected chi connectivity index (χ0v) is 26.6. The van der Waals surface area contributed by atoms with E-state index in [0.717, 1.165) is 22.2 Å². The van der Waals surface area contributed by atoms with Gasteiger partial charge in [0.1, 0.15) is 6.04 Å². The van der Waals surface area contributed by atoms with Gasteiger partial charge in [-0.15, -0.1) is 0 Å². The molecule has 9 nitrogen and oxygen atoms in total. The third kappa shape index (κ3) is 6.61. The number of hydrogen-bond donors (Lipinski definition) is 1. The van der Waals surface area contributed by atoms with E-state index in [1.165, 1.54) is 28.6 Å². The Bertz CT molecular complexity index is 1760. The van der Waals surface area contributed by atoms with Crippen molar-refractivity contribution in [2.24, 2.45) is 5.92 Å². The number of ketones is 1. The van der Waals surface area contributed by atoms with E-state index in [1.54, 1.807) is 27.7 Å². The molecule has 10 heteroatoms. The van der Waals surface area contributed by atoms with Gasteiger partial charge in [0.2, 0.25) is 15.8 Å². The SMILES string of the molecule is CCN(CC)S(=O)(=O)c1cccc(C(=O)N[C@H](C(=O)OCC(=O)c2c(-c3ccccc3)n(CC)c3ccccc23)C(C)C)c1. The molecule has 3 aromatic carbocycles. The monoisotopic (exact) mass is 617 g/mol. The fourth-order valence-corrected chi connectivity index (χ4v) is 6.85. The standard InChI is InChI=1S/C34H39N3O6S/c1-6-36(7-2)44(41,42)26-18-14-17-25(21-26)33(39)35-31(23(4)5)34(40)43-22-29(38)30-27-19-12-13-20-28(27)37(8-3)32(30)24-15-10-9-11-16-24/h9-21,23,31H,6-8,22H2,1-5H3,(H,35,39)/t31-/m0/s1. The minimum absolute atomic E-state index is 0.0106. The minimum Gasteiger partial charge on any atom is -0.456 e. The lowest BCUT2D eigenvalue weighted by Crippen LogP contribution is -2.45. The average molecular weight is 618 g/mol. The molecule has 0 fully saturated rings. The Hall–Kier alpha value is -4.28. The number of para-hydroxylation sites is 1. The van der Waals surface area contributed by atoms with Crippen LogP contribution in [0.25, 0.3) is 22.2 Å². The Labute approximate surface area is 258 Å². The van der Waals surface area contributed by atoms with E-state index < -0.39 is 34.5 Å². The van der Waals surface area contributed by atoms with Crippen molar-refractivity contribution in [2.75, 3.05) is 19.7 Å². The Balaban J connectivity index is 1.55. The molecule has 4 rings (SSSR count). The summed E-state index contributed by atoms with van der Waals surface area (Å²) in [6.45, 7) is 9.70. The van der Waals surface area contributed by atoms with Crippen molar-refractivity contribution in [3.63, 3.8) is 0 Å². The van der Waals surface area contributed by atoms with Crippen LogP contribution in [0.5, 0.6) is 0 Å². The van der Waals surface area contributed by atoms with E-state index in [-0.39, 0.29) is 22.2 Å². The predicted molar refractivity (Wildman–Crippen MR) is 171 cm³/mol. The summed E-state index contributed by atoms with van der Waals surface area (Å²) in [6.07, 6.45) is 0. The number of esters is 1. The first kappa shape index (κ1) is 32.6. The van der Waals surface area contributed by atoms with Crippen molar-refractivity contribution in [1.82, 2.24) is 14.2 Å². The topological polar surface area (TPSA) is 115 Å². The molecule has 44 heavy (non-hydrogen) atoms. The zero-order valence-electron chi connectivity index (χ0n) is 25.7. The number of benzene rings is 3. The first-order valence-electron chi connectivity index (χ1n) is 14.8. The zero-order chi connectivity index (χ0) is 32.0. The number of carbonyl (C=O) groups excluding carboxylic acids is 3. The third-order valence-corrected chi connectivity index (χ3v) is 9.65. The van der Waals surface area contributed by atoms with Crippen molar-refractivity contribution in [2.45, 2.75) is 52.1 Å². The molecule has 0 unspecified atom stereocenters. The maximum atomic E-state index is 13.7. The van der Waals surface area contributed by atoms with Crippen LogP contribution >= 0.6 is 0 Å². The molecule has 1 aromatic heterocycles. The molecule has 232 valence electrons. The van der Waals surface area contributed by atoms with Crippen LogP contribution in [-0.4, -0.2) is 60.7 Å². The molecule has 0 saturated heterocycles. The Morgan fingerprint density at radius 3 is 2.18 bits per heavy atom. The maximum absolute atomic E-state index is 13.7. The van der Waals surface area contributed by atoms with Crippen molar-refractivity contribution < 1.29 is 27.5 Å². The summed E-state index contributed by atoms with van der Waals surface area (Å²) in [5.74, 6) is -2.11. The molecule has 0 aliphatic heterocycles. The molecular formula is C34H39N3O6S. The van der Waals surface area contributed by atoms with Crippen molar-refractivity contribution in [3.8, 4) is 11.3 Å². The second kappa shape index (κ2) is 14.0. The molecule has 0 aliphatic carbocycles. The number of Topliss-reactive ketones (excluding diaryl/α,β-unsaturated/α-hetero) is 1. The number of ether oxygens (including phenoxy) is 1. The fraction of sp³-hybridized carbons (Fsp3) is 0.324. The maximum Gasteiger partial charge on any atom is 0.329 e. The molecule has 0 aliphatic rings. The van der Waals surface area contributed by atoms with Gasteiger partial charge in [0.15, 0.2) is 6.61 Å². The Morgan fingerprint density at radius 1 is 0.886 bits per heavy atom. The highest BCUT2D eigenvalue weighted by Gasteiger charge is 2.30. The molecule has 0 radical (unpaired) electrons. The number of rotatable bonds is 13.